The number of ether oxygens (including phenoxy) is 1. The third kappa shape index (κ3) is 5.85. The van der Waals surface area contributed by atoms with Crippen LogP contribution in [0.15, 0.2) is 24.3 Å². The normalized spacial score (nSPS) is 13.6. The van der Waals surface area contributed by atoms with Gasteiger partial charge in [0, 0.05) is 40.6 Å². The van der Waals surface area contributed by atoms with E-state index in [1.165, 1.54) is 0 Å². The molecular weight excluding hydrogens is 264 g/mol. The van der Waals surface area contributed by atoms with Crippen molar-refractivity contribution in [3.8, 4) is 5.75 Å². The predicted octanol–water partition coefficient (Wildman–Crippen LogP) is 0.990. The molecule has 2 N–H and O–H groups in total. The molecule has 0 bridgehead atoms. The van der Waals surface area contributed by atoms with E-state index in [0.717, 1.165) is 0 Å². The molecule has 0 aliphatic rings. The number of benzene rings is 1. The maximum absolute atomic E-state index is 11.7. The molecule has 0 aliphatic carbocycles. The van der Waals surface area contributed by atoms with Gasteiger partial charge in [0.15, 0.2) is 0 Å². The van der Waals surface area contributed by atoms with Crippen molar-refractivity contribution < 1.29 is 13.7 Å². The number of hydrogen-bond acceptors (Lipinski definition) is 4. The number of carbonyl (C=O) groups is 1. The molecule has 0 saturated heterocycles. The quantitative estimate of drug-likeness (QED) is 0.783. The fraction of sp³-hybridized carbons (Fsp3) is 0.462. The minimum atomic E-state index is -0.878. The first-order valence-corrected chi connectivity index (χ1v) is 7.62. The Labute approximate surface area is 116 Å². The van der Waals surface area contributed by atoms with Crippen LogP contribution >= 0.6 is 0 Å². The molecule has 2 unspecified atom stereocenters. The second-order valence-corrected chi connectivity index (χ2v) is 6.02. The van der Waals surface area contributed by atoms with Crippen molar-refractivity contribution in [3.63, 3.8) is 0 Å². The zero-order valence-electron chi connectivity index (χ0n) is 11.4. The number of methoxy groups -OCH3 is 1. The molecule has 19 heavy (non-hydrogen) atoms. The second-order valence-electron chi connectivity index (χ2n) is 4.22. The van der Waals surface area contributed by atoms with Crippen molar-refractivity contribution in [2.75, 3.05) is 31.8 Å². The van der Waals surface area contributed by atoms with Crippen molar-refractivity contribution in [2.24, 2.45) is 0 Å². The van der Waals surface area contributed by atoms with Crippen LogP contribution in [-0.4, -0.2) is 41.8 Å². The van der Waals surface area contributed by atoms with E-state index in [2.05, 4.69) is 10.6 Å². The van der Waals surface area contributed by atoms with E-state index in [1.807, 2.05) is 19.1 Å². The van der Waals surface area contributed by atoms with Crippen molar-refractivity contribution in [1.82, 2.24) is 5.32 Å². The monoisotopic (exact) mass is 284 g/mol. The highest BCUT2D eigenvalue weighted by molar-refractivity contribution is 7.84. The Bertz CT molecular complexity index is 451. The van der Waals surface area contributed by atoms with Gasteiger partial charge in [-0.05, 0) is 19.1 Å². The van der Waals surface area contributed by atoms with Gasteiger partial charge in [0.25, 0.3) is 0 Å². The molecular formula is C13H20N2O3S. The highest BCUT2D eigenvalue weighted by atomic mass is 32.2. The Morgan fingerprint density at radius 3 is 2.84 bits per heavy atom. The van der Waals surface area contributed by atoms with Gasteiger partial charge >= 0.3 is 0 Å². The van der Waals surface area contributed by atoms with E-state index >= 15 is 0 Å². The van der Waals surface area contributed by atoms with Gasteiger partial charge in [-0.1, -0.05) is 6.07 Å². The van der Waals surface area contributed by atoms with Crippen LogP contribution in [0, 0.1) is 0 Å². The number of amides is 1. The van der Waals surface area contributed by atoms with Crippen LogP contribution in [0.2, 0.25) is 0 Å². The van der Waals surface area contributed by atoms with Gasteiger partial charge in [-0.15, -0.1) is 0 Å². The summed E-state index contributed by atoms with van der Waals surface area (Å²) in [5, 5.41) is 5.77. The van der Waals surface area contributed by atoms with Crippen LogP contribution in [0.5, 0.6) is 5.75 Å². The minimum absolute atomic E-state index is 0.0321. The molecule has 0 heterocycles. The van der Waals surface area contributed by atoms with Crippen LogP contribution < -0.4 is 15.4 Å². The van der Waals surface area contributed by atoms with Gasteiger partial charge in [0.1, 0.15) is 5.75 Å². The zero-order chi connectivity index (χ0) is 14.3. The van der Waals surface area contributed by atoms with E-state index in [1.54, 1.807) is 25.5 Å². The summed E-state index contributed by atoms with van der Waals surface area (Å²) in [5.74, 6) is 0.558. The van der Waals surface area contributed by atoms with Gasteiger partial charge in [0.2, 0.25) is 5.91 Å². The highest BCUT2D eigenvalue weighted by Crippen LogP contribution is 2.16. The van der Waals surface area contributed by atoms with Gasteiger partial charge in [0.05, 0.1) is 13.7 Å². The van der Waals surface area contributed by atoms with Gasteiger partial charge in [-0.2, -0.15) is 0 Å². The van der Waals surface area contributed by atoms with Crippen molar-refractivity contribution in [1.29, 1.82) is 0 Å². The number of hydrogen-bond donors (Lipinski definition) is 2. The van der Waals surface area contributed by atoms with E-state index < -0.39 is 10.8 Å². The maximum Gasteiger partial charge on any atom is 0.238 e. The first kappa shape index (κ1) is 15.7. The van der Waals surface area contributed by atoms with Crippen LogP contribution in [0.1, 0.15) is 6.92 Å². The zero-order valence-corrected chi connectivity index (χ0v) is 12.3. The molecule has 1 aromatic rings. The van der Waals surface area contributed by atoms with Crippen molar-refractivity contribution in [2.45, 2.75) is 12.2 Å². The average Bonchev–Trinajstić information content (AvgIpc) is 2.38. The lowest BCUT2D eigenvalue weighted by Gasteiger charge is -2.10. The van der Waals surface area contributed by atoms with Gasteiger partial charge in [-0.3, -0.25) is 9.00 Å². The molecule has 1 aromatic carbocycles. The number of nitrogens with one attached hydrogen (secondary N) is 2. The SMILES string of the molecule is COc1cccc(NC(=O)CNCC(C)S(C)=O)c1. The van der Waals surface area contributed by atoms with E-state index in [4.69, 9.17) is 4.74 Å². The summed E-state index contributed by atoms with van der Waals surface area (Å²) in [6.45, 7) is 2.62. The summed E-state index contributed by atoms with van der Waals surface area (Å²) < 4.78 is 16.2. The standard InChI is InChI=1S/C13H20N2O3S/c1-10(19(3)17)8-14-9-13(16)15-11-5-4-6-12(7-11)18-2/h4-7,10,14H,8-9H2,1-3H3,(H,15,16). The molecule has 2 atom stereocenters. The van der Waals surface area contributed by atoms with Crippen molar-refractivity contribution >= 4 is 22.4 Å². The highest BCUT2D eigenvalue weighted by Gasteiger charge is 2.07. The molecule has 0 aromatic heterocycles. The third-order valence-corrected chi connectivity index (χ3v) is 3.94. The Hall–Kier alpha value is -1.40. The Morgan fingerprint density at radius 2 is 2.21 bits per heavy atom. The summed E-state index contributed by atoms with van der Waals surface area (Å²) in [7, 11) is 0.700. The van der Waals surface area contributed by atoms with E-state index in [9.17, 15) is 9.00 Å². The first-order valence-electron chi connectivity index (χ1n) is 5.99. The lowest BCUT2D eigenvalue weighted by atomic mass is 10.3. The van der Waals surface area contributed by atoms with E-state index in [0.29, 0.717) is 18.0 Å². The average molecular weight is 284 g/mol. The van der Waals surface area contributed by atoms with Crippen molar-refractivity contribution in [3.05, 3.63) is 24.3 Å². The fourth-order valence-corrected chi connectivity index (χ4v) is 1.76. The lowest BCUT2D eigenvalue weighted by molar-refractivity contribution is -0.115. The maximum atomic E-state index is 11.7. The van der Waals surface area contributed by atoms with Crippen LogP contribution in [0.3, 0.4) is 0 Å². The topological polar surface area (TPSA) is 67.4 Å². The number of carbonyl (C=O) groups excluding carboxylic acids is 1. The van der Waals surface area contributed by atoms with Gasteiger partial charge < -0.3 is 15.4 Å². The molecule has 0 spiro atoms. The molecule has 0 saturated carbocycles. The third-order valence-electron chi connectivity index (χ3n) is 2.64. The molecule has 0 aliphatic heterocycles. The molecule has 1 rings (SSSR count). The summed E-state index contributed by atoms with van der Waals surface area (Å²) in [6, 6.07) is 7.17. The lowest BCUT2D eigenvalue weighted by Crippen LogP contribution is -2.34. The molecule has 5 nitrogen and oxygen atoms in total. The number of anilines is 1. The molecule has 106 valence electrons. The summed E-state index contributed by atoms with van der Waals surface area (Å²) >= 11 is 0. The van der Waals surface area contributed by atoms with E-state index in [-0.39, 0.29) is 17.7 Å². The Morgan fingerprint density at radius 1 is 1.47 bits per heavy atom. The molecule has 0 radical (unpaired) electrons. The minimum Gasteiger partial charge on any atom is -0.497 e. The summed E-state index contributed by atoms with van der Waals surface area (Å²) in [6.07, 6.45) is 1.66. The van der Waals surface area contributed by atoms with Crippen LogP contribution in [-0.2, 0) is 15.6 Å². The molecule has 0 fully saturated rings. The Balaban J connectivity index is 2.36. The summed E-state index contributed by atoms with van der Waals surface area (Å²) in [4.78, 5) is 11.7. The molecule has 1 amide bonds. The fourth-order valence-electron chi connectivity index (χ4n) is 1.41. The van der Waals surface area contributed by atoms with Crippen LogP contribution in [0.4, 0.5) is 5.69 Å². The molecule has 6 heteroatoms. The first-order chi connectivity index (χ1) is 9.02. The smallest absolute Gasteiger partial charge is 0.238 e. The van der Waals surface area contributed by atoms with Crippen LogP contribution in [0.25, 0.3) is 0 Å². The Kier molecular flexibility index (Phi) is 6.52. The second kappa shape index (κ2) is 7.91. The van der Waals surface area contributed by atoms with Gasteiger partial charge in [-0.25, -0.2) is 0 Å². The largest absolute Gasteiger partial charge is 0.497 e. The summed E-state index contributed by atoms with van der Waals surface area (Å²) in [5.41, 5.74) is 0.693. The predicted molar refractivity (Wildman–Crippen MR) is 78.0 cm³/mol. The number of rotatable bonds is 7.